The largest absolute Gasteiger partial charge is 0.457 e. The van der Waals surface area contributed by atoms with Gasteiger partial charge in [0.2, 0.25) is 0 Å². The Morgan fingerprint density at radius 2 is 1.86 bits per heavy atom. The van der Waals surface area contributed by atoms with Crippen molar-refractivity contribution >= 4 is 34.0 Å². The molecular weight excluding hydrogens is 456 g/mol. The molecule has 0 radical (unpaired) electrons. The minimum atomic E-state index is -2.92. The summed E-state index contributed by atoms with van der Waals surface area (Å²) in [6.07, 6.45) is 2.41. The van der Waals surface area contributed by atoms with Crippen LogP contribution in [0, 0.1) is 11.8 Å². The first-order chi connectivity index (χ1) is 16.9. The SMILES string of the molecule is CC#CC(=O)N(C)c1ccc2ncnc(Nc3ccc(Oc4ccn(C(F)F)c(=O)c4)cc3)c2c1. The van der Waals surface area contributed by atoms with E-state index in [1.54, 1.807) is 56.4 Å². The standard InChI is InChI=1S/C25H19F2N5O3/c1-3-4-22(33)31(2)17-7-10-21-20(13-17)24(29-15-28-21)30-16-5-8-18(9-6-16)35-19-11-12-32(25(26)27)23(34)14-19/h5-15,25H,1-2H3,(H,28,29,30). The molecule has 0 aliphatic rings. The Kier molecular flexibility index (Phi) is 6.69. The molecule has 1 N–H and O–H groups in total. The maximum Gasteiger partial charge on any atom is 0.321 e. The third-order valence-electron chi connectivity index (χ3n) is 5.03. The second-order valence-electron chi connectivity index (χ2n) is 7.30. The monoisotopic (exact) mass is 475 g/mol. The summed E-state index contributed by atoms with van der Waals surface area (Å²) in [6, 6.07) is 14.4. The second kappa shape index (κ2) is 10.0. The topological polar surface area (TPSA) is 89.3 Å². The maximum absolute atomic E-state index is 12.7. The van der Waals surface area contributed by atoms with E-state index in [1.165, 1.54) is 17.3 Å². The molecule has 4 rings (SSSR count). The fraction of sp³-hybridized carbons (Fsp3) is 0.120. The van der Waals surface area contributed by atoms with E-state index in [4.69, 9.17) is 4.74 Å². The number of alkyl halides is 2. The molecule has 0 saturated heterocycles. The molecule has 2 aromatic carbocycles. The highest BCUT2D eigenvalue weighted by molar-refractivity contribution is 6.06. The van der Waals surface area contributed by atoms with E-state index in [-0.39, 0.29) is 11.7 Å². The number of nitrogens with zero attached hydrogens (tertiary/aromatic N) is 4. The van der Waals surface area contributed by atoms with E-state index in [2.05, 4.69) is 27.1 Å². The normalized spacial score (nSPS) is 10.5. The molecule has 0 fully saturated rings. The number of hydrogen-bond donors (Lipinski definition) is 1. The molecule has 0 atom stereocenters. The van der Waals surface area contributed by atoms with Gasteiger partial charge in [-0.1, -0.05) is 5.92 Å². The average molecular weight is 475 g/mol. The molecular formula is C25H19F2N5O3. The van der Waals surface area contributed by atoms with Crippen LogP contribution in [0.25, 0.3) is 10.9 Å². The summed E-state index contributed by atoms with van der Waals surface area (Å²) in [4.78, 5) is 33.9. The van der Waals surface area contributed by atoms with Crippen LogP contribution < -0.4 is 20.5 Å². The lowest BCUT2D eigenvalue weighted by Crippen LogP contribution is -2.24. The fourth-order valence-electron chi connectivity index (χ4n) is 3.24. The van der Waals surface area contributed by atoms with Crippen molar-refractivity contribution in [3.63, 3.8) is 0 Å². The molecule has 10 heteroatoms. The lowest BCUT2D eigenvalue weighted by atomic mass is 10.2. The number of amides is 1. The summed E-state index contributed by atoms with van der Waals surface area (Å²) in [5, 5.41) is 3.92. The van der Waals surface area contributed by atoms with Gasteiger partial charge >= 0.3 is 12.5 Å². The Bertz CT molecular complexity index is 1510. The quantitative estimate of drug-likeness (QED) is 0.407. The van der Waals surface area contributed by atoms with Crippen molar-refractivity contribution in [3.8, 4) is 23.3 Å². The van der Waals surface area contributed by atoms with E-state index in [1.807, 2.05) is 0 Å². The van der Waals surface area contributed by atoms with Crippen LogP contribution in [-0.4, -0.2) is 27.5 Å². The van der Waals surface area contributed by atoms with Gasteiger partial charge in [0.25, 0.3) is 5.56 Å². The molecule has 0 aliphatic heterocycles. The Morgan fingerprint density at radius 1 is 1.09 bits per heavy atom. The maximum atomic E-state index is 12.7. The Balaban J connectivity index is 1.54. The first-order valence-electron chi connectivity index (χ1n) is 10.4. The van der Waals surface area contributed by atoms with Crippen LogP contribution in [0.3, 0.4) is 0 Å². The minimum Gasteiger partial charge on any atom is -0.457 e. The number of anilines is 3. The number of pyridine rings is 1. The first-order valence-corrected chi connectivity index (χ1v) is 10.4. The molecule has 0 spiro atoms. The van der Waals surface area contributed by atoms with Crippen molar-refractivity contribution < 1.29 is 18.3 Å². The Hall–Kier alpha value is -4.78. The number of rotatable bonds is 6. The van der Waals surface area contributed by atoms with E-state index in [9.17, 15) is 18.4 Å². The number of halogens is 2. The Morgan fingerprint density at radius 3 is 2.54 bits per heavy atom. The number of carbonyl (C=O) groups is 1. The zero-order valence-corrected chi connectivity index (χ0v) is 18.7. The summed E-state index contributed by atoms with van der Waals surface area (Å²) in [7, 11) is 1.64. The van der Waals surface area contributed by atoms with Crippen molar-refractivity contribution in [2.75, 3.05) is 17.3 Å². The average Bonchev–Trinajstić information content (AvgIpc) is 2.84. The van der Waals surface area contributed by atoms with Gasteiger partial charge in [-0.3, -0.25) is 14.2 Å². The van der Waals surface area contributed by atoms with Crippen molar-refractivity contribution in [1.82, 2.24) is 14.5 Å². The molecule has 0 bridgehead atoms. The molecule has 0 unspecified atom stereocenters. The summed E-state index contributed by atoms with van der Waals surface area (Å²) in [5.74, 6) is 5.86. The summed E-state index contributed by atoms with van der Waals surface area (Å²) < 4.78 is 31.3. The smallest absolute Gasteiger partial charge is 0.321 e. The van der Waals surface area contributed by atoms with Crippen LogP contribution >= 0.6 is 0 Å². The number of benzene rings is 2. The van der Waals surface area contributed by atoms with Gasteiger partial charge in [-0.2, -0.15) is 8.78 Å². The van der Waals surface area contributed by atoms with Gasteiger partial charge in [0.05, 0.1) is 5.52 Å². The van der Waals surface area contributed by atoms with Gasteiger partial charge in [-0.25, -0.2) is 9.97 Å². The molecule has 176 valence electrons. The zero-order chi connectivity index (χ0) is 24.9. The van der Waals surface area contributed by atoms with Gasteiger partial charge in [-0.05, 0) is 61.4 Å². The number of carbonyl (C=O) groups excluding carboxylic acids is 1. The van der Waals surface area contributed by atoms with Crippen LogP contribution in [-0.2, 0) is 4.79 Å². The molecule has 0 aliphatic carbocycles. The van der Waals surface area contributed by atoms with Crippen LogP contribution in [0.4, 0.5) is 26.0 Å². The van der Waals surface area contributed by atoms with Crippen LogP contribution in [0.2, 0.25) is 0 Å². The summed E-state index contributed by atoms with van der Waals surface area (Å²) >= 11 is 0. The molecule has 1 amide bonds. The number of aromatic nitrogens is 3. The number of fused-ring (bicyclic) bond motifs is 1. The van der Waals surface area contributed by atoms with Crippen LogP contribution in [0.15, 0.2) is 71.9 Å². The van der Waals surface area contributed by atoms with Gasteiger partial charge in [0, 0.05) is 36.1 Å². The van der Waals surface area contributed by atoms with E-state index in [0.717, 1.165) is 12.3 Å². The van der Waals surface area contributed by atoms with E-state index < -0.39 is 12.1 Å². The van der Waals surface area contributed by atoms with E-state index in [0.29, 0.717) is 38.4 Å². The highest BCUT2D eigenvalue weighted by atomic mass is 19.3. The molecule has 2 heterocycles. The van der Waals surface area contributed by atoms with Gasteiger partial charge in [0.15, 0.2) is 0 Å². The van der Waals surface area contributed by atoms with Gasteiger partial charge < -0.3 is 15.0 Å². The zero-order valence-electron chi connectivity index (χ0n) is 18.7. The number of ether oxygens (including phenoxy) is 1. The Labute approximate surface area is 198 Å². The highest BCUT2D eigenvalue weighted by Gasteiger charge is 2.12. The third-order valence-corrected chi connectivity index (χ3v) is 5.03. The predicted molar refractivity (Wildman–Crippen MR) is 128 cm³/mol. The highest BCUT2D eigenvalue weighted by Crippen LogP contribution is 2.28. The van der Waals surface area contributed by atoms with Gasteiger partial charge in [-0.15, -0.1) is 0 Å². The molecule has 0 saturated carbocycles. The predicted octanol–water partition coefficient (Wildman–Crippen LogP) is 4.71. The molecule has 35 heavy (non-hydrogen) atoms. The van der Waals surface area contributed by atoms with Crippen molar-refractivity contribution in [3.05, 3.63) is 77.5 Å². The van der Waals surface area contributed by atoms with Crippen LogP contribution in [0.1, 0.15) is 13.5 Å². The first kappa shape index (κ1) is 23.4. The molecule has 4 aromatic rings. The molecule has 2 aromatic heterocycles. The lowest BCUT2D eigenvalue weighted by Gasteiger charge is -2.16. The number of hydrogen-bond acceptors (Lipinski definition) is 6. The minimum absolute atomic E-state index is 0.147. The second-order valence-corrected chi connectivity index (χ2v) is 7.30. The van der Waals surface area contributed by atoms with Crippen molar-refractivity contribution in [2.24, 2.45) is 0 Å². The number of nitrogens with one attached hydrogen (secondary N) is 1. The molecule has 8 nitrogen and oxygen atoms in total. The summed E-state index contributed by atoms with van der Waals surface area (Å²) in [5.41, 5.74) is 1.16. The fourth-order valence-corrected chi connectivity index (χ4v) is 3.24. The lowest BCUT2D eigenvalue weighted by molar-refractivity contribution is -0.113. The van der Waals surface area contributed by atoms with E-state index >= 15 is 0 Å². The van der Waals surface area contributed by atoms with Gasteiger partial charge in [0.1, 0.15) is 23.6 Å². The summed E-state index contributed by atoms with van der Waals surface area (Å²) in [6.45, 7) is -1.32. The van der Waals surface area contributed by atoms with Crippen molar-refractivity contribution in [1.29, 1.82) is 0 Å². The van der Waals surface area contributed by atoms with Crippen molar-refractivity contribution in [2.45, 2.75) is 13.5 Å². The third kappa shape index (κ3) is 5.25. The van der Waals surface area contributed by atoms with Crippen LogP contribution in [0.5, 0.6) is 11.5 Å².